The smallest absolute Gasteiger partial charge is 0.119 e. The van der Waals surface area contributed by atoms with Crippen LogP contribution in [0.15, 0.2) is 18.2 Å². The molecule has 0 unspecified atom stereocenters. The molecule has 0 aromatic heterocycles. The summed E-state index contributed by atoms with van der Waals surface area (Å²) < 4.78 is 0. The highest BCUT2D eigenvalue weighted by Gasteiger charge is 2.06. The summed E-state index contributed by atoms with van der Waals surface area (Å²) in [7, 11) is 0. The first-order valence-corrected chi connectivity index (χ1v) is 8.09. The van der Waals surface area contributed by atoms with Gasteiger partial charge < -0.3 is 5.11 Å². The van der Waals surface area contributed by atoms with Gasteiger partial charge >= 0.3 is 0 Å². The predicted molar refractivity (Wildman–Crippen MR) is 83.8 cm³/mol. The van der Waals surface area contributed by atoms with Gasteiger partial charge in [-0.15, -0.1) is 0 Å². The van der Waals surface area contributed by atoms with E-state index in [9.17, 15) is 5.11 Å². The van der Waals surface area contributed by atoms with Gasteiger partial charge in [-0.3, -0.25) is 0 Å². The van der Waals surface area contributed by atoms with E-state index >= 15 is 0 Å². The molecule has 0 aliphatic rings. The minimum absolute atomic E-state index is 0.497. The third kappa shape index (κ3) is 6.13. The molecule has 0 radical (unpaired) electrons. The molecule has 1 rings (SSSR count). The van der Waals surface area contributed by atoms with Crippen LogP contribution in [0.3, 0.4) is 0 Å². The second-order valence-corrected chi connectivity index (χ2v) is 5.54. The summed E-state index contributed by atoms with van der Waals surface area (Å²) in [6, 6.07) is 6.00. The summed E-state index contributed by atoms with van der Waals surface area (Å²) in [6.45, 7) is 4.46. The minimum atomic E-state index is 0.497. The van der Waals surface area contributed by atoms with Gasteiger partial charge in [0, 0.05) is 0 Å². The zero-order chi connectivity index (χ0) is 13.9. The maximum absolute atomic E-state index is 9.99. The number of aryl methyl sites for hydroxylation is 1. The molecule has 1 aromatic carbocycles. The molecule has 0 spiro atoms. The number of rotatable bonds is 10. The zero-order valence-corrected chi connectivity index (χ0v) is 12.8. The first kappa shape index (κ1) is 16.1. The third-order valence-electron chi connectivity index (χ3n) is 3.83. The van der Waals surface area contributed by atoms with Gasteiger partial charge in [0.15, 0.2) is 0 Å². The van der Waals surface area contributed by atoms with E-state index in [0.29, 0.717) is 5.75 Å². The molecule has 0 aliphatic carbocycles. The van der Waals surface area contributed by atoms with Crippen LogP contribution >= 0.6 is 0 Å². The highest BCUT2D eigenvalue weighted by molar-refractivity contribution is 5.39. The van der Waals surface area contributed by atoms with Crippen LogP contribution in [0.2, 0.25) is 0 Å². The third-order valence-corrected chi connectivity index (χ3v) is 3.83. The fraction of sp³-hybridized carbons (Fsp3) is 0.667. The van der Waals surface area contributed by atoms with E-state index in [0.717, 1.165) is 12.8 Å². The Bertz CT molecular complexity index is 344. The summed E-state index contributed by atoms with van der Waals surface area (Å²) in [4.78, 5) is 0. The van der Waals surface area contributed by atoms with Gasteiger partial charge in [-0.05, 0) is 42.9 Å². The summed E-state index contributed by atoms with van der Waals surface area (Å²) in [5, 5.41) is 9.99. The van der Waals surface area contributed by atoms with E-state index in [1.54, 1.807) is 0 Å². The Morgan fingerprint density at radius 2 is 1.47 bits per heavy atom. The number of unbranched alkanes of at least 4 members (excludes halogenated alkanes) is 6. The van der Waals surface area contributed by atoms with E-state index in [4.69, 9.17) is 0 Å². The Kier molecular flexibility index (Phi) is 8.36. The average molecular weight is 262 g/mol. The summed E-state index contributed by atoms with van der Waals surface area (Å²) in [5.41, 5.74) is 2.56. The lowest BCUT2D eigenvalue weighted by molar-refractivity contribution is 0.465. The van der Waals surface area contributed by atoms with E-state index in [-0.39, 0.29) is 0 Å². The average Bonchev–Trinajstić information content (AvgIpc) is 2.42. The Balaban J connectivity index is 2.41. The topological polar surface area (TPSA) is 20.2 Å². The first-order chi connectivity index (χ1) is 9.29. The fourth-order valence-corrected chi connectivity index (χ4v) is 2.59. The molecule has 0 fully saturated rings. The summed E-state index contributed by atoms with van der Waals surface area (Å²) in [6.07, 6.45) is 12.5. The lowest BCUT2D eigenvalue weighted by Crippen LogP contribution is -1.96. The fourth-order valence-electron chi connectivity index (χ4n) is 2.59. The number of benzene rings is 1. The van der Waals surface area contributed by atoms with Gasteiger partial charge in [0.2, 0.25) is 0 Å². The molecule has 0 heterocycles. The van der Waals surface area contributed by atoms with E-state index in [2.05, 4.69) is 19.9 Å². The molecule has 0 saturated heterocycles. The van der Waals surface area contributed by atoms with Gasteiger partial charge in [-0.2, -0.15) is 0 Å². The Hall–Kier alpha value is -0.980. The molecule has 1 N–H and O–H groups in total. The van der Waals surface area contributed by atoms with Crippen LogP contribution in [-0.4, -0.2) is 5.11 Å². The molecule has 1 aromatic rings. The van der Waals surface area contributed by atoms with Crippen molar-refractivity contribution in [2.45, 2.75) is 78.1 Å². The maximum Gasteiger partial charge on any atom is 0.119 e. The molecule has 0 amide bonds. The predicted octanol–water partition coefficient (Wildman–Crippen LogP) is 5.64. The molecular weight excluding hydrogens is 232 g/mol. The van der Waals surface area contributed by atoms with Crippen LogP contribution in [0.5, 0.6) is 5.75 Å². The summed E-state index contributed by atoms with van der Waals surface area (Å²) >= 11 is 0. The van der Waals surface area contributed by atoms with Crippen molar-refractivity contribution < 1.29 is 5.11 Å². The minimum Gasteiger partial charge on any atom is -0.508 e. The standard InChI is InChI=1S/C18H30O/c1-3-5-7-8-9-10-12-16-13-11-15-18(19)17(16)14-6-4-2/h11,13,15,19H,3-10,12,14H2,1-2H3. The lowest BCUT2D eigenvalue weighted by Gasteiger charge is -2.11. The Labute approximate surface area is 119 Å². The van der Waals surface area contributed by atoms with Crippen molar-refractivity contribution in [3.63, 3.8) is 0 Å². The van der Waals surface area contributed by atoms with Crippen LogP contribution in [0.4, 0.5) is 0 Å². The van der Waals surface area contributed by atoms with E-state index < -0.39 is 0 Å². The Morgan fingerprint density at radius 3 is 2.21 bits per heavy atom. The van der Waals surface area contributed by atoms with Crippen molar-refractivity contribution in [1.82, 2.24) is 0 Å². The molecule has 1 nitrogen and oxygen atoms in total. The van der Waals surface area contributed by atoms with Crippen LogP contribution < -0.4 is 0 Å². The molecule has 0 saturated carbocycles. The highest BCUT2D eigenvalue weighted by atomic mass is 16.3. The number of hydrogen-bond acceptors (Lipinski definition) is 1. The van der Waals surface area contributed by atoms with Gasteiger partial charge in [-0.1, -0.05) is 64.5 Å². The monoisotopic (exact) mass is 262 g/mol. The quantitative estimate of drug-likeness (QED) is 0.541. The van der Waals surface area contributed by atoms with Gasteiger partial charge in [-0.25, -0.2) is 0 Å². The molecule has 0 bridgehead atoms. The number of hydrogen-bond donors (Lipinski definition) is 1. The van der Waals surface area contributed by atoms with Gasteiger partial charge in [0.05, 0.1) is 0 Å². The van der Waals surface area contributed by atoms with Crippen molar-refractivity contribution in [3.8, 4) is 5.75 Å². The Morgan fingerprint density at radius 1 is 0.789 bits per heavy atom. The molecule has 0 aliphatic heterocycles. The van der Waals surface area contributed by atoms with Crippen LogP contribution in [0.25, 0.3) is 0 Å². The van der Waals surface area contributed by atoms with Crippen LogP contribution in [0.1, 0.15) is 76.3 Å². The molecular formula is C18H30O. The molecule has 1 heteroatoms. The van der Waals surface area contributed by atoms with Gasteiger partial charge in [0.25, 0.3) is 0 Å². The molecule has 0 atom stereocenters. The van der Waals surface area contributed by atoms with Crippen molar-refractivity contribution in [1.29, 1.82) is 0 Å². The van der Waals surface area contributed by atoms with E-state index in [1.165, 1.54) is 62.5 Å². The maximum atomic E-state index is 9.99. The molecule has 19 heavy (non-hydrogen) atoms. The van der Waals surface area contributed by atoms with Crippen LogP contribution in [-0.2, 0) is 12.8 Å². The SMILES string of the molecule is CCCCCCCCc1cccc(O)c1CCCC. The number of phenolic OH excluding ortho intramolecular Hbond substituents is 1. The first-order valence-electron chi connectivity index (χ1n) is 8.09. The van der Waals surface area contributed by atoms with Crippen molar-refractivity contribution in [3.05, 3.63) is 29.3 Å². The highest BCUT2D eigenvalue weighted by Crippen LogP contribution is 2.24. The van der Waals surface area contributed by atoms with Crippen molar-refractivity contribution >= 4 is 0 Å². The van der Waals surface area contributed by atoms with E-state index in [1.807, 2.05) is 12.1 Å². The second-order valence-electron chi connectivity index (χ2n) is 5.54. The van der Waals surface area contributed by atoms with Crippen molar-refractivity contribution in [2.75, 3.05) is 0 Å². The largest absolute Gasteiger partial charge is 0.508 e. The number of aromatic hydroxyl groups is 1. The summed E-state index contributed by atoms with van der Waals surface area (Å²) in [5.74, 6) is 0.497. The number of phenols is 1. The van der Waals surface area contributed by atoms with Crippen molar-refractivity contribution in [2.24, 2.45) is 0 Å². The second kappa shape index (κ2) is 9.89. The van der Waals surface area contributed by atoms with Gasteiger partial charge in [0.1, 0.15) is 5.75 Å². The van der Waals surface area contributed by atoms with Crippen LogP contribution in [0, 0.1) is 0 Å². The zero-order valence-electron chi connectivity index (χ0n) is 12.8. The lowest BCUT2D eigenvalue weighted by atomic mass is 9.96. The normalized spacial score (nSPS) is 10.8. The molecule has 108 valence electrons.